The average Bonchev–Trinajstić information content (AvgIpc) is 3.23. The molecule has 2 aromatic carbocycles. The fourth-order valence-electron chi connectivity index (χ4n) is 3.06. The number of carbonyl (C=O) groups is 1. The lowest BCUT2D eigenvalue weighted by Crippen LogP contribution is -2.19. The van der Waals surface area contributed by atoms with E-state index in [9.17, 15) is 4.79 Å². The van der Waals surface area contributed by atoms with Crippen LogP contribution in [-0.2, 0) is 12.0 Å². The second-order valence-electron chi connectivity index (χ2n) is 8.41. The average molecular weight is 444 g/mol. The summed E-state index contributed by atoms with van der Waals surface area (Å²) in [5.41, 5.74) is 2.34. The van der Waals surface area contributed by atoms with Crippen molar-refractivity contribution in [3.05, 3.63) is 90.5 Å². The van der Waals surface area contributed by atoms with Crippen molar-refractivity contribution in [2.24, 2.45) is 0 Å². The zero-order valence-corrected chi connectivity index (χ0v) is 18.7. The van der Waals surface area contributed by atoms with Crippen LogP contribution >= 0.6 is 0 Å². The van der Waals surface area contributed by atoms with Crippen LogP contribution in [0.5, 0.6) is 11.6 Å². The van der Waals surface area contributed by atoms with Gasteiger partial charge in [0.25, 0.3) is 0 Å². The molecule has 4 aromatic rings. The molecule has 2 heterocycles. The third-order valence-corrected chi connectivity index (χ3v) is 4.74. The Kier molecular flexibility index (Phi) is 6.35. The number of para-hydroxylation sites is 1. The summed E-state index contributed by atoms with van der Waals surface area (Å²) in [6.45, 7) is 6.48. The summed E-state index contributed by atoms with van der Waals surface area (Å²) in [4.78, 5) is 20.7. The van der Waals surface area contributed by atoms with Gasteiger partial charge in [-0.25, -0.2) is 14.5 Å². The van der Waals surface area contributed by atoms with Gasteiger partial charge in [-0.3, -0.25) is 10.3 Å². The normalized spacial score (nSPS) is 11.1. The van der Waals surface area contributed by atoms with Crippen molar-refractivity contribution in [1.82, 2.24) is 19.7 Å². The minimum atomic E-state index is -0.612. The lowest BCUT2D eigenvalue weighted by Gasteiger charge is -2.14. The first-order valence-electron chi connectivity index (χ1n) is 10.5. The van der Waals surface area contributed by atoms with Crippen LogP contribution in [0, 0.1) is 0 Å². The third-order valence-electron chi connectivity index (χ3n) is 4.74. The van der Waals surface area contributed by atoms with Crippen molar-refractivity contribution in [1.29, 1.82) is 0 Å². The lowest BCUT2D eigenvalue weighted by atomic mass is 9.92. The number of carbonyl (C=O) groups excluding carboxylic acids is 1. The van der Waals surface area contributed by atoms with E-state index in [1.807, 2.05) is 42.5 Å². The van der Waals surface area contributed by atoms with E-state index in [4.69, 9.17) is 14.6 Å². The van der Waals surface area contributed by atoms with Crippen molar-refractivity contribution < 1.29 is 14.3 Å². The van der Waals surface area contributed by atoms with Gasteiger partial charge in [0.2, 0.25) is 5.88 Å². The molecule has 1 amide bonds. The van der Waals surface area contributed by atoms with Gasteiger partial charge in [-0.05, 0) is 29.8 Å². The van der Waals surface area contributed by atoms with Gasteiger partial charge in [0.05, 0.1) is 17.6 Å². The molecule has 0 atom stereocenters. The van der Waals surface area contributed by atoms with Crippen LogP contribution in [0.3, 0.4) is 0 Å². The first-order valence-corrected chi connectivity index (χ1v) is 10.5. The molecule has 8 heteroatoms. The molecular formula is C25H25N5O3. The van der Waals surface area contributed by atoms with Crippen molar-refractivity contribution in [2.75, 3.05) is 5.32 Å². The van der Waals surface area contributed by atoms with Gasteiger partial charge in [0, 0.05) is 23.9 Å². The highest BCUT2D eigenvalue weighted by Crippen LogP contribution is 2.26. The van der Waals surface area contributed by atoms with Crippen LogP contribution in [0.2, 0.25) is 0 Å². The minimum Gasteiger partial charge on any atom is -0.472 e. The van der Waals surface area contributed by atoms with Crippen LogP contribution in [0.25, 0.3) is 5.69 Å². The number of ether oxygens (including phenoxy) is 2. The third kappa shape index (κ3) is 5.74. The molecule has 2 aromatic heterocycles. The van der Waals surface area contributed by atoms with Gasteiger partial charge in [0.1, 0.15) is 18.2 Å². The highest BCUT2D eigenvalue weighted by atomic mass is 16.6. The Labute approximate surface area is 192 Å². The van der Waals surface area contributed by atoms with Crippen LogP contribution in [0.15, 0.2) is 79.3 Å². The SMILES string of the molecule is CC(C)(C)c1cc(NC(=O)Oc2cccc(COc3cnccn3)c2)n(-c2ccccc2)n1. The predicted molar refractivity (Wildman–Crippen MR) is 125 cm³/mol. The smallest absolute Gasteiger partial charge is 0.418 e. The number of nitrogens with one attached hydrogen (secondary N) is 1. The maximum absolute atomic E-state index is 12.7. The monoisotopic (exact) mass is 443 g/mol. The van der Waals surface area contributed by atoms with Gasteiger partial charge >= 0.3 is 6.09 Å². The summed E-state index contributed by atoms with van der Waals surface area (Å²) < 4.78 is 12.8. The molecule has 0 bridgehead atoms. The van der Waals surface area contributed by atoms with E-state index in [2.05, 4.69) is 36.1 Å². The number of benzene rings is 2. The van der Waals surface area contributed by atoms with Crippen molar-refractivity contribution in [3.8, 4) is 17.3 Å². The molecule has 0 saturated heterocycles. The molecular weight excluding hydrogens is 418 g/mol. The first kappa shape index (κ1) is 22.0. The second-order valence-corrected chi connectivity index (χ2v) is 8.41. The Morgan fingerprint density at radius 2 is 1.85 bits per heavy atom. The van der Waals surface area contributed by atoms with Crippen LogP contribution in [-0.4, -0.2) is 25.8 Å². The zero-order chi connectivity index (χ0) is 23.3. The fraction of sp³-hybridized carbons (Fsp3) is 0.200. The molecule has 0 aliphatic carbocycles. The van der Waals surface area contributed by atoms with Gasteiger partial charge in [-0.1, -0.05) is 51.1 Å². The molecule has 0 radical (unpaired) electrons. The van der Waals surface area contributed by atoms with Gasteiger partial charge < -0.3 is 9.47 Å². The van der Waals surface area contributed by atoms with E-state index in [0.717, 1.165) is 16.9 Å². The molecule has 168 valence electrons. The predicted octanol–water partition coefficient (Wildman–Crippen LogP) is 5.15. The topological polar surface area (TPSA) is 91.2 Å². The number of hydrogen-bond acceptors (Lipinski definition) is 6. The molecule has 4 rings (SSSR count). The Morgan fingerprint density at radius 1 is 1.03 bits per heavy atom. The van der Waals surface area contributed by atoms with E-state index < -0.39 is 6.09 Å². The standard InChI is InChI=1S/C25H25N5O3/c1-25(2,3)21-15-22(30(29-21)19-9-5-4-6-10-19)28-24(31)33-20-11-7-8-18(14-20)17-32-23-16-26-12-13-27-23/h4-16H,17H2,1-3H3,(H,28,31). The van der Waals surface area contributed by atoms with Gasteiger partial charge in [-0.15, -0.1) is 0 Å². The quantitative estimate of drug-likeness (QED) is 0.443. The maximum atomic E-state index is 12.7. The zero-order valence-electron chi connectivity index (χ0n) is 18.7. The Morgan fingerprint density at radius 3 is 2.58 bits per heavy atom. The molecule has 33 heavy (non-hydrogen) atoms. The van der Waals surface area contributed by atoms with Crippen LogP contribution in [0.4, 0.5) is 10.6 Å². The van der Waals surface area contributed by atoms with E-state index in [0.29, 0.717) is 17.4 Å². The highest BCUT2D eigenvalue weighted by molar-refractivity contribution is 5.85. The summed E-state index contributed by atoms with van der Waals surface area (Å²) >= 11 is 0. The molecule has 0 unspecified atom stereocenters. The molecule has 0 aliphatic heterocycles. The van der Waals surface area contributed by atoms with Crippen molar-refractivity contribution in [2.45, 2.75) is 32.8 Å². The van der Waals surface area contributed by atoms with Crippen molar-refractivity contribution in [3.63, 3.8) is 0 Å². The molecule has 1 N–H and O–H groups in total. The summed E-state index contributed by atoms with van der Waals surface area (Å²) in [5.74, 6) is 1.35. The largest absolute Gasteiger partial charge is 0.472 e. The number of nitrogens with zero attached hydrogens (tertiary/aromatic N) is 4. The number of rotatable bonds is 6. The van der Waals surface area contributed by atoms with Gasteiger partial charge in [0.15, 0.2) is 0 Å². The fourth-order valence-corrected chi connectivity index (χ4v) is 3.06. The van der Waals surface area contributed by atoms with E-state index in [1.165, 1.54) is 6.20 Å². The van der Waals surface area contributed by atoms with E-state index >= 15 is 0 Å². The number of amides is 1. The number of aromatic nitrogens is 4. The summed E-state index contributed by atoms with van der Waals surface area (Å²) in [5, 5.41) is 7.52. The van der Waals surface area contributed by atoms with E-state index in [-0.39, 0.29) is 12.0 Å². The van der Waals surface area contributed by atoms with Crippen LogP contribution < -0.4 is 14.8 Å². The molecule has 0 saturated carbocycles. The Balaban J connectivity index is 1.47. The Bertz CT molecular complexity index is 1220. The summed E-state index contributed by atoms with van der Waals surface area (Å²) in [7, 11) is 0. The second kappa shape index (κ2) is 9.52. The van der Waals surface area contributed by atoms with E-state index in [1.54, 1.807) is 35.3 Å². The Hall–Kier alpha value is -4.20. The minimum absolute atomic E-state index is 0.183. The molecule has 0 fully saturated rings. The molecule has 0 aliphatic rings. The van der Waals surface area contributed by atoms with Crippen LogP contribution in [0.1, 0.15) is 32.0 Å². The molecule has 0 spiro atoms. The highest BCUT2D eigenvalue weighted by Gasteiger charge is 2.22. The number of anilines is 1. The summed E-state index contributed by atoms with van der Waals surface area (Å²) in [6, 6.07) is 18.6. The molecule has 8 nitrogen and oxygen atoms in total. The summed E-state index contributed by atoms with van der Waals surface area (Å²) in [6.07, 6.45) is 4.06. The number of hydrogen-bond donors (Lipinski definition) is 1. The van der Waals surface area contributed by atoms with Crippen molar-refractivity contribution >= 4 is 11.9 Å². The maximum Gasteiger partial charge on any atom is 0.418 e. The first-order chi connectivity index (χ1) is 15.9. The lowest BCUT2D eigenvalue weighted by molar-refractivity contribution is 0.215. The van der Waals surface area contributed by atoms with Gasteiger partial charge in [-0.2, -0.15) is 5.10 Å².